The maximum Gasteiger partial charge on any atom is 0.258 e. The lowest BCUT2D eigenvalue weighted by atomic mass is 9.94. The van der Waals surface area contributed by atoms with Crippen molar-refractivity contribution in [1.29, 1.82) is 0 Å². The van der Waals surface area contributed by atoms with Gasteiger partial charge in [-0.1, -0.05) is 13.8 Å². The van der Waals surface area contributed by atoms with Crippen LogP contribution in [0.4, 0.5) is 0 Å². The van der Waals surface area contributed by atoms with Crippen LogP contribution in [0, 0.1) is 5.92 Å². The van der Waals surface area contributed by atoms with E-state index in [1.807, 2.05) is 27.7 Å². The highest BCUT2D eigenvalue weighted by Crippen LogP contribution is 2.20. The molecule has 6 heteroatoms. The zero-order valence-corrected chi connectivity index (χ0v) is 13.5. The number of nitrogens with zero attached hydrogens (tertiary/aromatic N) is 2. The fourth-order valence-electron chi connectivity index (χ4n) is 2.38. The molecule has 1 heterocycles. The van der Waals surface area contributed by atoms with Gasteiger partial charge in [0.05, 0.1) is 6.20 Å². The third-order valence-electron chi connectivity index (χ3n) is 2.73. The molecular formula is C13H25N3O2S. The smallest absolute Gasteiger partial charge is 0.250 e. The number of hydrogen-bond acceptors (Lipinski definition) is 3. The van der Waals surface area contributed by atoms with E-state index in [-0.39, 0.29) is 11.1 Å². The maximum absolute atomic E-state index is 12.4. The zero-order chi connectivity index (χ0) is 14.8. The highest BCUT2D eigenvalue weighted by Gasteiger charge is 2.29. The summed E-state index contributed by atoms with van der Waals surface area (Å²) in [6.45, 7) is 11.8. The first-order valence-corrected chi connectivity index (χ1v) is 8.11. The van der Waals surface area contributed by atoms with E-state index in [1.165, 1.54) is 16.9 Å². The molecule has 0 unspecified atom stereocenters. The standard InChI is InChI=1S/C13H25N3O2S/c1-10(2)9-13(5,6)15-19(17,18)12-7-8-14-16(12)11(3)4/h7-8,10-11,15H,9H2,1-6H3. The molecule has 0 amide bonds. The number of aromatic nitrogens is 2. The summed E-state index contributed by atoms with van der Waals surface area (Å²) in [4.78, 5) is 0. The molecule has 0 saturated carbocycles. The van der Waals surface area contributed by atoms with Gasteiger partial charge in [0.15, 0.2) is 5.03 Å². The molecule has 0 bridgehead atoms. The number of nitrogens with one attached hydrogen (secondary N) is 1. The molecule has 110 valence electrons. The Morgan fingerprint density at radius 1 is 1.32 bits per heavy atom. The van der Waals surface area contributed by atoms with Gasteiger partial charge < -0.3 is 0 Å². The van der Waals surface area contributed by atoms with E-state index in [2.05, 4.69) is 23.7 Å². The molecule has 1 N–H and O–H groups in total. The summed E-state index contributed by atoms with van der Waals surface area (Å²) >= 11 is 0. The Hall–Kier alpha value is -0.880. The van der Waals surface area contributed by atoms with Crippen molar-refractivity contribution < 1.29 is 8.42 Å². The van der Waals surface area contributed by atoms with Crippen molar-refractivity contribution in [2.24, 2.45) is 5.92 Å². The monoisotopic (exact) mass is 287 g/mol. The van der Waals surface area contributed by atoms with Crippen molar-refractivity contribution in [2.45, 2.75) is 64.6 Å². The van der Waals surface area contributed by atoms with E-state index in [1.54, 1.807) is 0 Å². The van der Waals surface area contributed by atoms with Gasteiger partial charge in [0.1, 0.15) is 0 Å². The molecular weight excluding hydrogens is 262 g/mol. The van der Waals surface area contributed by atoms with Gasteiger partial charge in [-0.05, 0) is 46.1 Å². The van der Waals surface area contributed by atoms with Crippen molar-refractivity contribution in [3.63, 3.8) is 0 Å². The predicted molar refractivity (Wildman–Crippen MR) is 76.5 cm³/mol. The van der Waals surface area contributed by atoms with Crippen LogP contribution < -0.4 is 4.72 Å². The van der Waals surface area contributed by atoms with Gasteiger partial charge in [-0.2, -0.15) is 5.10 Å². The Morgan fingerprint density at radius 2 is 1.89 bits per heavy atom. The van der Waals surface area contributed by atoms with Gasteiger partial charge in [-0.15, -0.1) is 0 Å². The Labute approximate surface area is 116 Å². The maximum atomic E-state index is 12.4. The van der Waals surface area contributed by atoms with Crippen LogP contribution in [0.3, 0.4) is 0 Å². The first kappa shape index (κ1) is 16.2. The molecule has 0 radical (unpaired) electrons. The average molecular weight is 287 g/mol. The van der Waals surface area contributed by atoms with Crippen LogP contribution in [0.15, 0.2) is 17.3 Å². The molecule has 1 aromatic heterocycles. The second-order valence-electron chi connectivity index (χ2n) is 6.30. The van der Waals surface area contributed by atoms with Gasteiger partial charge in [0.25, 0.3) is 10.0 Å². The van der Waals surface area contributed by atoms with Crippen molar-refractivity contribution in [3.8, 4) is 0 Å². The largest absolute Gasteiger partial charge is 0.258 e. The Balaban J connectivity index is 3.02. The van der Waals surface area contributed by atoms with Crippen LogP contribution in [0.1, 0.15) is 54.0 Å². The predicted octanol–water partition coefficient (Wildman–Crippen LogP) is 2.57. The van der Waals surface area contributed by atoms with Crippen LogP contribution in [0.25, 0.3) is 0 Å². The summed E-state index contributed by atoms with van der Waals surface area (Å²) < 4.78 is 29.2. The molecule has 0 aromatic carbocycles. The molecule has 19 heavy (non-hydrogen) atoms. The normalized spacial score (nSPS) is 13.5. The minimum atomic E-state index is -3.55. The number of rotatable bonds is 6. The van der Waals surface area contributed by atoms with Gasteiger partial charge in [-0.3, -0.25) is 4.68 Å². The first-order chi connectivity index (χ1) is 8.55. The van der Waals surface area contributed by atoms with E-state index >= 15 is 0 Å². The van der Waals surface area contributed by atoms with Crippen LogP contribution in [-0.2, 0) is 10.0 Å². The van der Waals surface area contributed by atoms with Gasteiger partial charge >= 0.3 is 0 Å². The lowest BCUT2D eigenvalue weighted by Gasteiger charge is -2.28. The minimum Gasteiger partial charge on any atom is -0.250 e. The summed E-state index contributed by atoms with van der Waals surface area (Å²) in [6, 6.07) is 1.54. The molecule has 0 aliphatic carbocycles. The second-order valence-corrected chi connectivity index (χ2v) is 7.92. The Morgan fingerprint density at radius 3 is 2.37 bits per heavy atom. The quantitative estimate of drug-likeness (QED) is 0.874. The molecule has 5 nitrogen and oxygen atoms in total. The van der Waals surface area contributed by atoms with E-state index in [4.69, 9.17) is 0 Å². The van der Waals surface area contributed by atoms with Crippen molar-refractivity contribution in [1.82, 2.24) is 14.5 Å². The molecule has 1 aromatic rings. The summed E-state index contributed by atoms with van der Waals surface area (Å²) in [6.07, 6.45) is 2.30. The van der Waals surface area contributed by atoms with Gasteiger partial charge in [0, 0.05) is 11.6 Å². The van der Waals surface area contributed by atoms with Crippen molar-refractivity contribution in [3.05, 3.63) is 12.3 Å². The highest BCUT2D eigenvalue weighted by molar-refractivity contribution is 7.89. The SMILES string of the molecule is CC(C)CC(C)(C)NS(=O)(=O)c1ccnn1C(C)C. The van der Waals surface area contributed by atoms with E-state index in [9.17, 15) is 8.42 Å². The first-order valence-electron chi connectivity index (χ1n) is 6.62. The molecule has 0 spiro atoms. The summed E-state index contributed by atoms with van der Waals surface area (Å²) in [5, 5.41) is 4.29. The van der Waals surface area contributed by atoms with Gasteiger partial charge in [0.2, 0.25) is 0 Å². The van der Waals surface area contributed by atoms with Gasteiger partial charge in [-0.25, -0.2) is 13.1 Å². The summed E-state index contributed by atoms with van der Waals surface area (Å²) in [5.41, 5.74) is -0.473. The zero-order valence-electron chi connectivity index (χ0n) is 12.6. The van der Waals surface area contributed by atoms with Crippen molar-refractivity contribution in [2.75, 3.05) is 0 Å². The highest BCUT2D eigenvalue weighted by atomic mass is 32.2. The van der Waals surface area contributed by atoms with E-state index in [0.29, 0.717) is 5.92 Å². The molecule has 0 aliphatic heterocycles. The third-order valence-corrected chi connectivity index (χ3v) is 4.42. The minimum absolute atomic E-state index is 0.00906. The molecule has 0 saturated heterocycles. The topological polar surface area (TPSA) is 64.0 Å². The lowest BCUT2D eigenvalue weighted by molar-refractivity contribution is 0.362. The fraction of sp³-hybridized carbons (Fsp3) is 0.769. The summed E-state index contributed by atoms with van der Waals surface area (Å²) in [5.74, 6) is 0.424. The number of hydrogen-bond donors (Lipinski definition) is 1. The fourth-order valence-corrected chi connectivity index (χ4v) is 4.04. The molecule has 0 fully saturated rings. The molecule has 1 rings (SSSR count). The van der Waals surface area contributed by atoms with Crippen LogP contribution in [-0.4, -0.2) is 23.7 Å². The molecule has 0 aliphatic rings. The lowest BCUT2D eigenvalue weighted by Crippen LogP contribution is -2.44. The Bertz CT molecular complexity index is 516. The Kier molecular flexibility index (Phi) is 4.79. The second kappa shape index (κ2) is 5.63. The summed E-state index contributed by atoms with van der Waals surface area (Å²) in [7, 11) is -3.55. The van der Waals surface area contributed by atoms with Crippen LogP contribution in [0.5, 0.6) is 0 Å². The van der Waals surface area contributed by atoms with E-state index in [0.717, 1.165) is 6.42 Å². The van der Waals surface area contributed by atoms with Crippen LogP contribution in [0.2, 0.25) is 0 Å². The van der Waals surface area contributed by atoms with Crippen molar-refractivity contribution >= 4 is 10.0 Å². The van der Waals surface area contributed by atoms with E-state index < -0.39 is 15.6 Å². The van der Waals surface area contributed by atoms with Crippen LogP contribution >= 0.6 is 0 Å². The average Bonchev–Trinajstić information content (AvgIpc) is 2.60. The molecule has 0 atom stereocenters. The third kappa shape index (κ3) is 4.31. The number of sulfonamides is 1.